The second-order valence-corrected chi connectivity index (χ2v) is 5.36. The van der Waals surface area contributed by atoms with Gasteiger partial charge in [-0.1, -0.05) is 30.0 Å². The van der Waals surface area contributed by atoms with Crippen molar-refractivity contribution in [3.63, 3.8) is 0 Å². The highest BCUT2D eigenvalue weighted by atomic mass is 32.2. The summed E-state index contributed by atoms with van der Waals surface area (Å²) in [5.74, 6) is 0.0389. The van der Waals surface area contributed by atoms with Crippen LogP contribution in [0.25, 0.3) is 11.0 Å². The number of aromatic amines is 1. The highest BCUT2D eigenvalue weighted by Crippen LogP contribution is 2.18. The molecule has 3 rings (SSSR count). The first-order valence-electron chi connectivity index (χ1n) is 6.62. The summed E-state index contributed by atoms with van der Waals surface area (Å²) < 4.78 is 0. The van der Waals surface area contributed by atoms with E-state index in [9.17, 15) is 4.79 Å². The number of aromatic nitrogens is 3. The maximum atomic E-state index is 11.7. The molecule has 0 aliphatic rings. The number of fused-ring (bicyclic) bond motifs is 1. The molecule has 1 aromatic carbocycles. The minimum atomic E-state index is -0.197. The van der Waals surface area contributed by atoms with Gasteiger partial charge in [0.05, 0.1) is 28.7 Å². The van der Waals surface area contributed by atoms with Crippen molar-refractivity contribution in [1.82, 2.24) is 20.4 Å². The van der Waals surface area contributed by atoms with E-state index in [2.05, 4.69) is 25.5 Å². The number of imidazole rings is 1. The maximum absolute atomic E-state index is 11.7. The Morgan fingerprint density at radius 2 is 2.14 bits per heavy atom. The number of hydrazone groups is 1. The third-order valence-electron chi connectivity index (χ3n) is 2.78. The van der Waals surface area contributed by atoms with Crippen LogP contribution < -0.4 is 5.43 Å². The first kappa shape index (κ1) is 14.3. The molecule has 110 valence electrons. The van der Waals surface area contributed by atoms with Gasteiger partial charge in [-0.3, -0.25) is 9.78 Å². The lowest BCUT2D eigenvalue weighted by atomic mass is 10.3. The summed E-state index contributed by atoms with van der Waals surface area (Å²) in [5, 5.41) is 4.58. The van der Waals surface area contributed by atoms with E-state index in [0.29, 0.717) is 10.9 Å². The summed E-state index contributed by atoms with van der Waals surface area (Å²) in [4.78, 5) is 23.3. The van der Waals surface area contributed by atoms with Crippen LogP contribution in [0.15, 0.2) is 58.9 Å². The smallest absolute Gasteiger partial charge is 0.250 e. The molecule has 0 aliphatic heterocycles. The zero-order valence-electron chi connectivity index (χ0n) is 11.6. The third kappa shape index (κ3) is 3.70. The van der Waals surface area contributed by atoms with E-state index in [1.54, 1.807) is 12.3 Å². The molecule has 2 aromatic heterocycles. The molecule has 0 saturated heterocycles. The molecule has 0 atom stereocenters. The third-order valence-corrected chi connectivity index (χ3v) is 3.65. The number of amides is 1. The van der Waals surface area contributed by atoms with Crippen molar-refractivity contribution in [3.05, 3.63) is 54.4 Å². The number of rotatable bonds is 5. The normalized spacial score (nSPS) is 11.1. The molecule has 0 fully saturated rings. The van der Waals surface area contributed by atoms with Crippen LogP contribution in [0, 0.1) is 0 Å². The lowest BCUT2D eigenvalue weighted by Crippen LogP contribution is -2.19. The van der Waals surface area contributed by atoms with Crippen molar-refractivity contribution in [3.8, 4) is 0 Å². The Balaban J connectivity index is 1.51. The molecular weight excluding hydrogens is 298 g/mol. The van der Waals surface area contributed by atoms with Gasteiger partial charge in [0.1, 0.15) is 0 Å². The van der Waals surface area contributed by atoms with Crippen molar-refractivity contribution >= 4 is 34.9 Å². The summed E-state index contributed by atoms with van der Waals surface area (Å²) >= 11 is 1.33. The Morgan fingerprint density at radius 1 is 1.27 bits per heavy atom. The summed E-state index contributed by atoms with van der Waals surface area (Å²) in [6.45, 7) is 0. The number of benzene rings is 1. The van der Waals surface area contributed by atoms with Gasteiger partial charge in [-0.05, 0) is 24.3 Å². The van der Waals surface area contributed by atoms with Crippen LogP contribution in [-0.4, -0.2) is 32.8 Å². The molecule has 0 spiro atoms. The number of carbonyl (C=O) groups excluding carboxylic acids is 1. The van der Waals surface area contributed by atoms with E-state index in [4.69, 9.17) is 0 Å². The van der Waals surface area contributed by atoms with Gasteiger partial charge in [-0.15, -0.1) is 0 Å². The Hall–Kier alpha value is -2.67. The molecule has 2 heterocycles. The highest BCUT2D eigenvalue weighted by molar-refractivity contribution is 7.99. The number of carbonyl (C=O) groups is 1. The summed E-state index contributed by atoms with van der Waals surface area (Å²) in [5.41, 5.74) is 5.00. The van der Waals surface area contributed by atoms with Crippen LogP contribution in [-0.2, 0) is 4.79 Å². The second kappa shape index (κ2) is 6.86. The largest absolute Gasteiger partial charge is 0.333 e. The number of nitrogens with one attached hydrogen (secondary N) is 2. The van der Waals surface area contributed by atoms with Crippen LogP contribution >= 0.6 is 11.8 Å². The number of hydrogen-bond acceptors (Lipinski definition) is 5. The van der Waals surface area contributed by atoms with E-state index >= 15 is 0 Å². The zero-order chi connectivity index (χ0) is 15.2. The fourth-order valence-corrected chi connectivity index (χ4v) is 2.46. The number of hydrogen-bond donors (Lipinski definition) is 2. The maximum Gasteiger partial charge on any atom is 0.250 e. The Bertz CT molecular complexity index is 767. The lowest BCUT2D eigenvalue weighted by Gasteiger charge is -1.97. The van der Waals surface area contributed by atoms with Gasteiger partial charge >= 0.3 is 0 Å². The molecular formula is C15H13N5OS. The first-order valence-corrected chi connectivity index (χ1v) is 7.60. The molecule has 1 amide bonds. The van der Waals surface area contributed by atoms with Crippen LogP contribution in [0.3, 0.4) is 0 Å². The summed E-state index contributed by atoms with van der Waals surface area (Å²) in [6, 6.07) is 13.2. The fraction of sp³-hybridized carbons (Fsp3) is 0.0667. The average Bonchev–Trinajstić information content (AvgIpc) is 2.97. The van der Waals surface area contributed by atoms with Crippen molar-refractivity contribution in [1.29, 1.82) is 0 Å². The summed E-state index contributed by atoms with van der Waals surface area (Å²) in [6.07, 6.45) is 3.17. The molecule has 0 unspecified atom stereocenters. The minimum absolute atomic E-state index is 0.197. The first-order chi connectivity index (χ1) is 10.8. The molecule has 0 saturated carbocycles. The quantitative estimate of drug-likeness (QED) is 0.430. The predicted molar refractivity (Wildman–Crippen MR) is 86.8 cm³/mol. The van der Waals surface area contributed by atoms with Crippen LogP contribution in [0.2, 0.25) is 0 Å². The van der Waals surface area contributed by atoms with E-state index < -0.39 is 0 Å². The van der Waals surface area contributed by atoms with Crippen LogP contribution in [0.4, 0.5) is 0 Å². The van der Waals surface area contributed by atoms with E-state index in [1.807, 2.05) is 36.4 Å². The van der Waals surface area contributed by atoms with Gasteiger partial charge in [0, 0.05) is 6.20 Å². The van der Waals surface area contributed by atoms with Crippen molar-refractivity contribution in [2.75, 3.05) is 5.75 Å². The zero-order valence-corrected chi connectivity index (χ0v) is 12.4. The predicted octanol–water partition coefficient (Wildman–Crippen LogP) is 2.20. The fourth-order valence-electron chi connectivity index (χ4n) is 1.79. The molecule has 0 aliphatic carbocycles. The molecule has 0 bridgehead atoms. The standard InChI is InChI=1S/C15H13N5OS/c21-14(20-17-9-11-5-3-4-8-16-11)10-22-15-18-12-6-1-2-7-13(12)19-15/h1-9H,10H2,(H,18,19)(H,20,21)/b17-9+. The Morgan fingerprint density at radius 3 is 2.95 bits per heavy atom. The Kier molecular flexibility index (Phi) is 4.45. The van der Waals surface area contributed by atoms with Crippen LogP contribution in [0.1, 0.15) is 5.69 Å². The monoisotopic (exact) mass is 311 g/mol. The lowest BCUT2D eigenvalue weighted by molar-refractivity contribution is -0.118. The molecule has 0 radical (unpaired) electrons. The van der Waals surface area contributed by atoms with Gasteiger partial charge in [-0.2, -0.15) is 5.10 Å². The van der Waals surface area contributed by atoms with Gasteiger partial charge in [0.15, 0.2) is 5.16 Å². The van der Waals surface area contributed by atoms with Crippen LogP contribution in [0.5, 0.6) is 0 Å². The van der Waals surface area contributed by atoms with Crippen molar-refractivity contribution in [2.45, 2.75) is 5.16 Å². The molecule has 7 heteroatoms. The van der Waals surface area contributed by atoms with Gasteiger partial charge in [0.25, 0.3) is 5.91 Å². The van der Waals surface area contributed by atoms with E-state index in [0.717, 1.165) is 11.0 Å². The summed E-state index contributed by atoms with van der Waals surface area (Å²) in [7, 11) is 0. The van der Waals surface area contributed by atoms with Crippen molar-refractivity contribution < 1.29 is 4.79 Å². The number of H-pyrrole nitrogens is 1. The average molecular weight is 311 g/mol. The van der Waals surface area contributed by atoms with E-state index in [-0.39, 0.29) is 11.7 Å². The topological polar surface area (TPSA) is 83.0 Å². The number of thioether (sulfide) groups is 1. The van der Waals surface area contributed by atoms with Gasteiger partial charge < -0.3 is 4.98 Å². The van der Waals surface area contributed by atoms with Crippen molar-refractivity contribution in [2.24, 2.45) is 5.10 Å². The highest BCUT2D eigenvalue weighted by Gasteiger charge is 2.06. The molecule has 22 heavy (non-hydrogen) atoms. The Labute approximate surface area is 131 Å². The number of para-hydroxylation sites is 2. The number of nitrogens with zero attached hydrogens (tertiary/aromatic N) is 3. The van der Waals surface area contributed by atoms with Gasteiger partial charge in [-0.25, -0.2) is 10.4 Å². The van der Waals surface area contributed by atoms with E-state index in [1.165, 1.54) is 18.0 Å². The number of pyridine rings is 1. The SMILES string of the molecule is O=C(CSc1nc2ccccc2[nH]1)N/N=C/c1ccccn1. The molecule has 6 nitrogen and oxygen atoms in total. The van der Waals surface area contributed by atoms with Gasteiger partial charge in [0.2, 0.25) is 0 Å². The second-order valence-electron chi connectivity index (χ2n) is 4.40. The minimum Gasteiger partial charge on any atom is -0.333 e. The molecule has 2 N–H and O–H groups in total. The molecule has 3 aromatic rings.